The van der Waals surface area contributed by atoms with Gasteiger partial charge in [-0.25, -0.2) is 0 Å². The summed E-state index contributed by atoms with van der Waals surface area (Å²) in [6, 6.07) is 4.48. The molecule has 3 amide bonds. The normalized spacial score (nSPS) is 14.0. The van der Waals surface area contributed by atoms with Gasteiger partial charge >= 0.3 is 0 Å². The van der Waals surface area contributed by atoms with Crippen LogP contribution in [0.25, 0.3) is 0 Å². The molecule has 5 heteroatoms. The number of carbonyl (C=O) groups is 3. The predicted octanol–water partition coefficient (Wildman–Crippen LogP) is 0.272. The van der Waals surface area contributed by atoms with Gasteiger partial charge in [-0.15, -0.1) is 0 Å². The first-order valence-corrected chi connectivity index (χ1v) is 4.74. The van der Waals surface area contributed by atoms with Crippen molar-refractivity contribution in [2.45, 2.75) is 0 Å². The van der Waals surface area contributed by atoms with E-state index in [0.717, 1.165) is 4.90 Å². The Morgan fingerprint density at radius 2 is 1.81 bits per heavy atom. The molecule has 0 unspecified atom stereocenters. The highest BCUT2D eigenvalue weighted by Gasteiger charge is 2.32. The van der Waals surface area contributed by atoms with E-state index < -0.39 is 0 Å². The highest BCUT2D eigenvalue weighted by atomic mass is 16.2. The molecular formula is C11H10N2O3. The number of hydrogen-bond acceptors (Lipinski definition) is 3. The Kier molecular flexibility index (Phi) is 2.23. The third-order valence-electron chi connectivity index (χ3n) is 2.58. The molecule has 0 atom stereocenters. The van der Waals surface area contributed by atoms with Crippen LogP contribution in [0, 0.1) is 0 Å². The maximum Gasteiger partial charge on any atom is 0.261 e. The molecule has 1 heterocycles. The van der Waals surface area contributed by atoms with Gasteiger partial charge in [0.05, 0.1) is 11.1 Å². The molecule has 0 spiro atoms. The van der Waals surface area contributed by atoms with E-state index in [1.165, 1.54) is 32.3 Å². The van der Waals surface area contributed by atoms with Crippen molar-refractivity contribution in [1.29, 1.82) is 0 Å². The zero-order valence-corrected chi connectivity index (χ0v) is 8.90. The second-order valence-corrected chi connectivity index (χ2v) is 3.51. The van der Waals surface area contributed by atoms with E-state index in [2.05, 4.69) is 5.32 Å². The lowest BCUT2D eigenvalue weighted by Gasteiger charge is -2.02. The van der Waals surface area contributed by atoms with Crippen LogP contribution < -0.4 is 5.32 Å². The van der Waals surface area contributed by atoms with E-state index in [-0.39, 0.29) is 23.3 Å². The van der Waals surface area contributed by atoms with Gasteiger partial charge in [0.25, 0.3) is 17.7 Å². The summed E-state index contributed by atoms with van der Waals surface area (Å²) in [4.78, 5) is 35.6. The lowest BCUT2D eigenvalue weighted by Crippen LogP contribution is -2.24. The van der Waals surface area contributed by atoms with Crippen LogP contribution in [0.4, 0.5) is 0 Å². The average Bonchev–Trinajstić information content (AvgIpc) is 2.53. The van der Waals surface area contributed by atoms with E-state index in [9.17, 15) is 14.4 Å². The molecule has 0 bridgehead atoms. The Balaban J connectivity index is 2.53. The van der Waals surface area contributed by atoms with Gasteiger partial charge in [-0.1, -0.05) is 0 Å². The SMILES string of the molecule is CNC(=O)c1ccc2c(c1)C(=O)N(C)C2=O. The van der Waals surface area contributed by atoms with Crippen molar-refractivity contribution >= 4 is 17.7 Å². The molecule has 1 N–H and O–H groups in total. The molecule has 82 valence electrons. The molecule has 0 saturated heterocycles. The van der Waals surface area contributed by atoms with Crippen LogP contribution >= 0.6 is 0 Å². The zero-order valence-electron chi connectivity index (χ0n) is 8.90. The van der Waals surface area contributed by atoms with E-state index in [1.807, 2.05) is 0 Å². The number of amides is 3. The summed E-state index contributed by atoms with van der Waals surface area (Å²) in [5, 5.41) is 2.46. The molecule has 1 aliphatic heterocycles. The number of rotatable bonds is 1. The zero-order chi connectivity index (χ0) is 11.9. The maximum atomic E-state index is 11.6. The molecule has 1 aromatic rings. The van der Waals surface area contributed by atoms with Gasteiger partial charge in [0.1, 0.15) is 0 Å². The van der Waals surface area contributed by atoms with Crippen molar-refractivity contribution < 1.29 is 14.4 Å². The van der Waals surface area contributed by atoms with E-state index >= 15 is 0 Å². The number of fused-ring (bicyclic) bond motifs is 1. The van der Waals surface area contributed by atoms with Crippen molar-refractivity contribution in [2.75, 3.05) is 14.1 Å². The van der Waals surface area contributed by atoms with Crippen molar-refractivity contribution in [3.63, 3.8) is 0 Å². The Bertz CT molecular complexity index is 508. The number of nitrogens with one attached hydrogen (secondary N) is 1. The third kappa shape index (κ3) is 1.29. The third-order valence-corrected chi connectivity index (χ3v) is 2.58. The quantitative estimate of drug-likeness (QED) is 0.688. The highest BCUT2D eigenvalue weighted by Crippen LogP contribution is 2.22. The van der Waals surface area contributed by atoms with Crippen LogP contribution in [0.5, 0.6) is 0 Å². The van der Waals surface area contributed by atoms with E-state index in [4.69, 9.17) is 0 Å². The Labute approximate surface area is 92.0 Å². The minimum Gasteiger partial charge on any atom is -0.355 e. The van der Waals surface area contributed by atoms with Crippen LogP contribution in [0.2, 0.25) is 0 Å². The number of imide groups is 1. The van der Waals surface area contributed by atoms with Crippen LogP contribution in [-0.4, -0.2) is 36.7 Å². The van der Waals surface area contributed by atoms with Crippen LogP contribution in [0.1, 0.15) is 31.1 Å². The molecule has 0 saturated carbocycles. The molecule has 5 nitrogen and oxygen atoms in total. The molecular weight excluding hydrogens is 208 g/mol. The van der Waals surface area contributed by atoms with Gasteiger partial charge in [-0.3, -0.25) is 19.3 Å². The van der Waals surface area contributed by atoms with Gasteiger partial charge in [0.2, 0.25) is 0 Å². The Morgan fingerprint density at radius 1 is 1.19 bits per heavy atom. The highest BCUT2D eigenvalue weighted by molar-refractivity contribution is 6.21. The summed E-state index contributed by atoms with van der Waals surface area (Å²) >= 11 is 0. The van der Waals surface area contributed by atoms with Crippen molar-refractivity contribution in [3.05, 3.63) is 34.9 Å². The van der Waals surface area contributed by atoms with Gasteiger partial charge in [-0.05, 0) is 18.2 Å². The minimum absolute atomic E-state index is 0.280. The monoisotopic (exact) mass is 218 g/mol. The number of benzene rings is 1. The second kappa shape index (κ2) is 3.44. The van der Waals surface area contributed by atoms with Crippen molar-refractivity contribution in [1.82, 2.24) is 10.2 Å². The molecule has 0 fully saturated rings. The summed E-state index contributed by atoms with van der Waals surface area (Å²) in [5.74, 6) is -0.980. The largest absolute Gasteiger partial charge is 0.355 e. The summed E-state index contributed by atoms with van der Waals surface area (Å²) in [7, 11) is 2.93. The minimum atomic E-state index is -0.370. The number of hydrogen-bond donors (Lipinski definition) is 1. The van der Waals surface area contributed by atoms with Gasteiger partial charge in [0.15, 0.2) is 0 Å². The smallest absolute Gasteiger partial charge is 0.261 e. The topological polar surface area (TPSA) is 66.5 Å². The summed E-state index contributed by atoms with van der Waals surface area (Å²) in [6.45, 7) is 0. The molecule has 1 aromatic carbocycles. The molecule has 2 rings (SSSR count). The van der Waals surface area contributed by atoms with Crippen molar-refractivity contribution in [3.8, 4) is 0 Å². The fourth-order valence-electron chi connectivity index (χ4n) is 1.65. The second-order valence-electron chi connectivity index (χ2n) is 3.51. The lowest BCUT2D eigenvalue weighted by atomic mass is 10.1. The fourth-order valence-corrected chi connectivity index (χ4v) is 1.65. The maximum absolute atomic E-state index is 11.6. The molecule has 0 aliphatic carbocycles. The van der Waals surface area contributed by atoms with Gasteiger partial charge < -0.3 is 5.32 Å². The van der Waals surface area contributed by atoms with Crippen molar-refractivity contribution in [2.24, 2.45) is 0 Å². The van der Waals surface area contributed by atoms with Crippen LogP contribution in [0.3, 0.4) is 0 Å². The number of nitrogens with zero attached hydrogens (tertiary/aromatic N) is 1. The van der Waals surface area contributed by atoms with Gasteiger partial charge in [-0.2, -0.15) is 0 Å². The first-order valence-electron chi connectivity index (χ1n) is 4.74. The molecule has 1 aliphatic rings. The standard InChI is InChI=1S/C11H10N2O3/c1-12-9(14)6-3-4-7-8(5-6)11(16)13(2)10(7)15/h3-5H,1-2H3,(H,12,14). The van der Waals surface area contributed by atoms with Crippen LogP contribution in [-0.2, 0) is 0 Å². The molecule has 0 radical (unpaired) electrons. The van der Waals surface area contributed by atoms with E-state index in [0.29, 0.717) is 11.1 Å². The molecule has 16 heavy (non-hydrogen) atoms. The number of carbonyl (C=O) groups excluding carboxylic acids is 3. The average molecular weight is 218 g/mol. The predicted molar refractivity (Wildman–Crippen MR) is 56.3 cm³/mol. The van der Waals surface area contributed by atoms with Gasteiger partial charge in [0, 0.05) is 19.7 Å². The van der Waals surface area contributed by atoms with Crippen LogP contribution in [0.15, 0.2) is 18.2 Å². The van der Waals surface area contributed by atoms with E-state index in [1.54, 1.807) is 0 Å². The first-order chi connectivity index (χ1) is 7.56. The Hall–Kier alpha value is -2.17. The first kappa shape index (κ1) is 10.4. The lowest BCUT2D eigenvalue weighted by molar-refractivity contribution is 0.0693. The summed E-state index contributed by atoms with van der Waals surface area (Å²) < 4.78 is 0. The fraction of sp³-hybridized carbons (Fsp3) is 0.182. The summed E-state index contributed by atoms with van der Waals surface area (Å²) in [6.07, 6.45) is 0. The summed E-state index contributed by atoms with van der Waals surface area (Å²) in [5.41, 5.74) is 1.01. The Morgan fingerprint density at radius 3 is 2.44 bits per heavy atom. The molecule has 0 aromatic heterocycles.